The molecule has 0 spiro atoms. The van der Waals surface area contributed by atoms with Crippen molar-refractivity contribution in [2.45, 2.75) is 322 Å². The zero-order valence-electron chi connectivity index (χ0n) is 46.1. The van der Waals surface area contributed by atoms with Crippen LogP contribution >= 0.6 is 0 Å². The molecule has 6 nitrogen and oxygen atoms in total. The van der Waals surface area contributed by atoms with Crippen LogP contribution in [0, 0.1) is 0 Å². The summed E-state index contributed by atoms with van der Waals surface area (Å²) < 4.78 is 16.9. The molecular formula is C63H114O6. The van der Waals surface area contributed by atoms with Gasteiger partial charge in [0.15, 0.2) is 6.10 Å². The standard InChI is InChI=1S/C63H114O6/c1-4-7-10-13-16-19-22-24-26-28-29-30-31-32-33-35-36-38-41-44-47-50-53-56-62(65)68-59-60(58-67-61(64)55-52-49-46-43-40-21-18-15-12-9-6-3)69-63(66)57-54-51-48-45-42-39-37-34-27-25-23-20-17-14-11-8-5-2/h15,18,22,24-25,27-29,60H,4-14,16-17,19-21,23,26,30-59H2,1-3H3/b18-15-,24-22-,27-25-,29-28-. The minimum Gasteiger partial charge on any atom is -0.462 e. The fourth-order valence-electron chi connectivity index (χ4n) is 8.69. The van der Waals surface area contributed by atoms with E-state index in [1.165, 1.54) is 205 Å². The predicted molar refractivity (Wildman–Crippen MR) is 298 cm³/mol. The predicted octanol–water partition coefficient (Wildman–Crippen LogP) is 20.2. The number of carbonyl (C=O) groups excluding carboxylic acids is 3. The van der Waals surface area contributed by atoms with E-state index in [2.05, 4.69) is 69.4 Å². The van der Waals surface area contributed by atoms with Gasteiger partial charge in [-0.05, 0) is 96.3 Å². The maximum absolute atomic E-state index is 12.9. The molecule has 0 aliphatic heterocycles. The smallest absolute Gasteiger partial charge is 0.306 e. The van der Waals surface area contributed by atoms with Crippen molar-refractivity contribution in [3.05, 3.63) is 48.6 Å². The summed E-state index contributed by atoms with van der Waals surface area (Å²) in [6.07, 6.45) is 71.1. The van der Waals surface area contributed by atoms with Gasteiger partial charge in [-0.25, -0.2) is 0 Å². The number of allylic oxidation sites excluding steroid dienone is 8. The Kier molecular flexibility index (Phi) is 55.7. The van der Waals surface area contributed by atoms with E-state index in [9.17, 15) is 14.4 Å². The Morgan fingerprint density at radius 2 is 0.536 bits per heavy atom. The minimum atomic E-state index is -0.778. The van der Waals surface area contributed by atoms with E-state index in [4.69, 9.17) is 14.2 Å². The Balaban J connectivity index is 4.27. The van der Waals surface area contributed by atoms with Crippen LogP contribution in [0.1, 0.15) is 316 Å². The van der Waals surface area contributed by atoms with Crippen molar-refractivity contribution in [1.82, 2.24) is 0 Å². The van der Waals surface area contributed by atoms with Gasteiger partial charge in [0, 0.05) is 19.3 Å². The number of hydrogen-bond donors (Lipinski definition) is 0. The second kappa shape index (κ2) is 57.9. The van der Waals surface area contributed by atoms with Gasteiger partial charge in [0.2, 0.25) is 0 Å². The summed E-state index contributed by atoms with van der Waals surface area (Å²) in [6, 6.07) is 0. The van der Waals surface area contributed by atoms with Gasteiger partial charge in [-0.1, -0.05) is 249 Å². The third-order valence-corrected chi connectivity index (χ3v) is 13.3. The van der Waals surface area contributed by atoms with Crippen LogP contribution in [0.2, 0.25) is 0 Å². The van der Waals surface area contributed by atoms with Crippen molar-refractivity contribution >= 4 is 17.9 Å². The lowest BCUT2D eigenvalue weighted by Gasteiger charge is -2.18. The van der Waals surface area contributed by atoms with Crippen molar-refractivity contribution in [3.63, 3.8) is 0 Å². The van der Waals surface area contributed by atoms with E-state index in [1.54, 1.807) is 0 Å². The maximum atomic E-state index is 12.9. The van der Waals surface area contributed by atoms with E-state index >= 15 is 0 Å². The maximum Gasteiger partial charge on any atom is 0.306 e. The fourth-order valence-corrected chi connectivity index (χ4v) is 8.69. The fraction of sp³-hybridized carbons (Fsp3) is 0.825. The summed E-state index contributed by atoms with van der Waals surface area (Å²) in [5, 5.41) is 0. The average molecular weight is 968 g/mol. The van der Waals surface area contributed by atoms with Gasteiger partial charge in [-0.2, -0.15) is 0 Å². The number of rotatable bonds is 55. The molecular weight excluding hydrogens is 853 g/mol. The molecule has 0 N–H and O–H groups in total. The molecule has 0 saturated heterocycles. The highest BCUT2D eigenvalue weighted by Gasteiger charge is 2.19. The van der Waals surface area contributed by atoms with E-state index in [1.807, 2.05) is 0 Å². The summed E-state index contributed by atoms with van der Waals surface area (Å²) >= 11 is 0. The molecule has 0 aromatic carbocycles. The van der Waals surface area contributed by atoms with Gasteiger partial charge in [-0.3, -0.25) is 14.4 Å². The Labute approximate surface area is 428 Å². The molecule has 0 bridgehead atoms. The van der Waals surface area contributed by atoms with Gasteiger partial charge in [0.05, 0.1) is 0 Å². The first kappa shape index (κ1) is 66.4. The largest absolute Gasteiger partial charge is 0.462 e. The quantitative estimate of drug-likeness (QED) is 0.0262. The van der Waals surface area contributed by atoms with Crippen LogP contribution in [0.3, 0.4) is 0 Å². The van der Waals surface area contributed by atoms with Crippen LogP contribution < -0.4 is 0 Å². The monoisotopic (exact) mass is 967 g/mol. The normalized spacial score (nSPS) is 12.3. The van der Waals surface area contributed by atoms with Gasteiger partial charge in [0.1, 0.15) is 13.2 Å². The lowest BCUT2D eigenvalue weighted by atomic mass is 10.0. The van der Waals surface area contributed by atoms with Crippen LogP contribution in [-0.2, 0) is 28.6 Å². The Bertz CT molecular complexity index is 1200. The van der Waals surface area contributed by atoms with Crippen LogP contribution in [0.5, 0.6) is 0 Å². The molecule has 0 radical (unpaired) electrons. The number of ether oxygens (including phenoxy) is 3. The number of hydrogen-bond acceptors (Lipinski definition) is 6. The topological polar surface area (TPSA) is 78.9 Å². The molecule has 1 unspecified atom stereocenters. The highest BCUT2D eigenvalue weighted by atomic mass is 16.6. The highest BCUT2D eigenvalue weighted by Crippen LogP contribution is 2.16. The molecule has 0 rings (SSSR count). The van der Waals surface area contributed by atoms with Gasteiger partial charge < -0.3 is 14.2 Å². The van der Waals surface area contributed by atoms with Crippen LogP contribution in [0.25, 0.3) is 0 Å². The Morgan fingerprint density at radius 3 is 0.855 bits per heavy atom. The molecule has 6 heteroatoms. The van der Waals surface area contributed by atoms with Crippen molar-refractivity contribution < 1.29 is 28.6 Å². The molecule has 0 aliphatic carbocycles. The van der Waals surface area contributed by atoms with Crippen LogP contribution in [0.15, 0.2) is 48.6 Å². The lowest BCUT2D eigenvalue weighted by Crippen LogP contribution is -2.30. The summed E-state index contributed by atoms with van der Waals surface area (Å²) in [4.78, 5) is 38.1. The second-order valence-corrected chi connectivity index (χ2v) is 20.2. The Morgan fingerprint density at radius 1 is 0.290 bits per heavy atom. The molecule has 0 aliphatic rings. The molecule has 0 aromatic rings. The minimum absolute atomic E-state index is 0.0768. The van der Waals surface area contributed by atoms with Crippen molar-refractivity contribution in [3.8, 4) is 0 Å². The van der Waals surface area contributed by atoms with E-state index < -0.39 is 6.10 Å². The summed E-state index contributed by atoms with van der Waals surface area (Å²) in [5.41, 5.74) is 0. The zero-order chi connectivity index (χ0) is 50.0. The number of esters is 3. The van der Waals surface area contributed by atoms with Crippen LogP contribution in [0.4, 0.5) is 0 Å². The molecule has 0 heterocycles. The molecule has 0 saturated carbocycles. The Hall–Kier alpha value is -2.63. The molecule has 0 aromatic heterocycles. The van der Waals surface area contributed by atoms with Gasteiger partial charge in [0.25, 0.3) is 0 Å². The van der Waals surface area contributed by atoms with Crippen molar-refractivity contribution in [2.24, 2.45) is 0 Å². The molecule has 0 fully saturated rings. The van der Waals surface area contributed by atoms with E-state index in [0.717, 1.165) is 70.6 Å². The first-order valence-corrected chi connectivity index (χ1v) is 30.1. The third kappa shape index (κ3) is 56.2. The molecule has 402 valence electrons. The van der Waals surface area contributed by atoms with Crippen molar-refractivity contribution in [1.29, 1.82) is 0 Å². The first-order valence-electron chi connectivity index (χ1n) is 30.1. The van der Waals surface area contributed by atoms with Gasteiger partial charge in [-0.15, -0.1) is 0 Å². The molecule has 69 heavy (non-hydrogen) atoms. The first-order chi connectivity index (χ1) is 34.0. The molecule has 1 atom stereocenters. The summed E-state index contributed by atoms with van der Waals surface area (Å²) in [5.74, 6) is -0.879. The zero-order valence-corrected chi connectivity index (χ0v) is 46.1. The SMILES string of the molecule is CCCC/C=C\CCCCCCCC(=O)OCC(COC(=O)CCCCCCCCCCCCC/C=C\C/C=C\CCCCCCC)OC(=O)CCCCCCCCC/C=C\CCCCCCCC. The van der Waals surface area contributed by atoms with Gasteiger partial charge >= 0.3 is 17.9 Å². The number of unbranched alkanes of at least 4 members (excludes halogenated alkanes) is 36. The second-order valence-electron chi connectivity index (χ2n) is 20.2. The third-order valence-electron chi connectivity index (χ3n) is 13.3. The lowest BCUT2D eigenvalue weighted by molar-refractivity contribution is -0.167. The summed E-state index contributed by atoms with van der Waals surface area (Å²) in [6.45, 7) is 6.61. The van der Waals surface area contributed by atoms with E-state index in [-0.39, 0.29) is 31.1 Å². The van der Waals surface area contributed by atoms with E-state index in [0.29, 0.717) is 19.3 Å². The average Bonchev–Trinajstić information content (AvgIpc) is 3.35. The highest BCUT2D eigenvalue weighted by molar-refractivity contribution is 5.71. The summed E-state index contributed by atoms with van der Waals surface area (Å²) in [7, 11) is 0. The number of carbonyl (C=O) groups is 3. The van der Waals surface area contributed by atoms with Crippen molar-refractivity contribution in [2.75, 3.05) is 13.2 Å². The van der Waals surface area contributed by atoms with Crippen LogP contribution in [-0.4, -0.2) is 37.2 Å². The molecule has 0 amide bonds.